The molecule has 2 aliphatic heterocycles. The molecule has 136 valence electrons. The second-order valence-corrected chi connectivity index (χ2v) is 9.17. The summed E-state index contributed by atoms with van der Waals surface area (Å²) in [6.45, 7) is 11.8. The van der Waals surface area contributed by atoms with E-state index < -0.39 is 7.60 Å². The third kappa shape index (κ3) is 4.36. The molecule has 2 saturated heterocycles. The van der Waals surface area contributed by atoms with Crippen LogP contribution in [0.3, 0.4) is 0 Å². The first-order chi connectivity index (χ1) is 10.7. The highest BCUT2D eigenvalue weighted by molar-refractivity contribution is 7.53. The van der Waals surface area contributed by atoms with Gasteiger partial charge in [-0.15, -0.1) is 0 Å². The number of hydrogen-bond donors (Lipinski definition) is 1. The van der Waals surface area contributed by atoms with Gasteiger partial charge in [-0.2, -0.15) is 0 Å². The van der Waals surface area contributed by atoms with E-state index in [0.29, 0.717) is 11.8 Å². The van der Waals surface area contributed by atoms with E-state index >= 15 is 0 Å². The van der Waals surface area contributed by atoms with Crippen molar-refractivity contribution in [2.75, 3.05) is 19.9 Å². The van der Waals surface area contributed by atoms with E-state index in [0.717, 1.165) is 0 Å². The zero-order valence-corrected chi connectivity index (χ0v) is 15.9. The van der Waals surface area contributed by atoms with Crippen LogP contribution in [0.1, 0.15) is 34.6 Å². The van der Waals surface area contributed by atoms with Gasteiger partial charge in [0.2, 0.25) is 0 Å². The van der Waals surface area contributed by atoms with Gasteiger partial charge in [-0.25, -0.2) is 0 Å². The standard InChI is InChI=1S/C16H31O6P/c1-9-10(2)15(20-12(9)4)8-19-23(6,18)22-16-11(3)14(7-17)21-13(16)5/h9-17H,7-8H2,1-6H3/t9?,10?,11?,12-,13-,14+,15+,16?,23?/m0/s1. The summed E-state index contributed by atoms with van der Waals surface area (Å²) in [6, 6.07) is 0. The summed E-state index contributed by atoms with van der Waals surface area (Å²) in [6.07, 6.45) is -0.723. The van der Waals surface area contributed by atoms with E-state index in [2.05, 4.69) is 20.8 Å². The van der Waals surface area contributed by atoms with Gasteiger partial charge in [-0.1, -0.05) is 20.8 Å². The van der Waals surface area contributed by atoms with E-state index in [9.17, 15) is 9.67 Å². The van der Waals surface area contributed by atoms with Crippen molar-refractivity contribution in [1.82, 2.24) is 0 Å². The van der Waals surface area contributed by atoms with Crippen LogP contribution in [-0.4, -0.2) is 55.5 Å². The van der Waals surface area contributed by atoms with E-state index in [1.165, 1.54) is 6.66 Å². The van der Waals surface area contributed by atoms with Gasteiger partial charge < -0.3 is 23.6 Å². The Morgan fingerprint density at radius 2 is 1.57 bits per heavy atom. The van der Waals surface area contributed by atoms with Crippen LogP contribution in [0.2, 0.25) is 0 Å². The summed E-state index contributed by atoms with van der Waals surface area (Å²) < 4.78 is 35.5. The van der Waals surface area contributed by atoms with Gasteiger partial charge in [0.1, 0.15) is 0 Å². The van der Waals surface area contributed by atoms with Crippen molar-refractivity contribution in [3.8, 4) is 0 Å². The fourth-order valence-electron chi connectivity index (χ4n) is 3.45. The summed E-state index contributed by atoms with van der Waals surface area (Å²) >= 11 is 0. The fraction of sp³-hybridized carbons (Fsp3) is 1.00. The molecular formula is C16H31O6P. The molecule has 6 nitrogen and oxygen atoms in total. The predicted molar refractivity (Wildman–Crippen MR) is 87.6 cm³/mol. The quantitative estimate of drug-likeness (QED) is 0.743. The molecule has 0 aromatic carbocycles. The van der Waals surface area contributed by atoms with Crippen molar-refractivity contribution in [2.45, 2.75) is 65.1 Å². The number of ether oxygens (including phenoxy) is 2. The number of aliphatic hydroxyl groups is 1. The lowest BCUT2D eigenvalue weighted by Gasteiger charge is -2.25. The Balaban J connectivity index is 1.89. The number of aliphatic hydroxyl groups excluding tert-OH is 1. The fourth-order valence-corrected chi connectivity index (χ4v) is 4.73. The molecule has 0 saturated carbocycles. The molecule has 0 aromatic heterocycles. The van der Waals surface area contributed by atoms with Crippen LogP contribution in [0.15, 0.2) is 0 Å². The largest absolute Gasteiger partial charge is 0.394 e. The molecule has 7 heteroatoms. The molecule has 1 N–H and O–H groups in total. The molecular weight excluding hydrogens is 319 g/mol. The van der Waals surface area contributed by atoms with Crippen LogP contribution >= 0.6 is 7.60 Å². The molecule has 0 radical (unpaired) electrons. The third-order valence-corrected chi connectivity index (χ3v) is 6.71. The lowest BCUT2D eigenvalue weighted by atomic mass is 9.91. The Bertz CT molecular complexity index is 444. The van der Waals surface area contributed by atoms with Crippen molar-refractivity contribution in [3.63, 3.8) is 0 Å². The Hall–Kier alpha value is 0.0300. The predicted octanol–water partition coefficient (Wildman–Crippen LogP) is 2.69. The van der Waals surface area contributed by atoms with Crippen molar-refractivity contribution in [1.29, 1.82) is 0 Å². The van der Waals surface area contributed by atoms with Crippen LogP contribution in [0.5, 0.6) is 0 Å². The topological polar surface area (TPSA) is 74.2 Å². The van der Waals surface area contributed by atoms with E-state index in [1.807, 2.05) is 13.8 Å². The van der Waals surface area contributed by atoms with Gasteiger partial charge in [0.15, 0.2) is 0 Å². The van der Waals surface area contributed by atoms with Gasteiger partial charge >= 0.3 is 7.60 Å². The SMILES string of the molecule is CC1C(C)[C@@H](COP(C)(=O)OC2C(C)[C@@H](CO)O[C@H]2C)O[C@H]1C. The van der Waals surface area contributed by atoms with Crippen LogP contribution in [0.25, 0.3) is 0 Å². The van der Waals surface area contributed by atoms with Crippen molar-refractivity contribution >= 4 is 7.60 Å². The average molecular weight is 350 g/mol. The molecule has 0 bridgehead atoms. The molecule has 23 heavy (non-hydrogen) atoms. The number of hydrogen-bond acceptors (Lipinski definition) is 6. The summed E-state index contributed by atoms with van der Waals surface area (Å²) in [5, 5.41) is 9.30. The van der Waals surface area contributed by atoms with Crippen LogP contribution in [0.4, 0.5) is 0 Å². The maximum Gasteiger partial charge on any atom is 0.328 e. The second kappa shape index (κ2) is 7.51. The second-order valence-electron chi connectivity index (χ2n) is 7.16. The van der Waals surface area contributed by atoms with E-state index in [1.54, 1.807) is 0 Å². The normalized spacial score (nSPS) is 46.9. The van der Waals surface area contributed by atoms with Crippen molar-refractivity contribution in [2.24, 2.45) is 17.8 Å². The maximum atomic E-state index is 12.7. The monoisotopic (exact) mass is 350 g/mol. The zero-order valence-electron chi connectivity index (χ0n) is 15.0. The third-order valence-electron chi connectivity index (χ3n) is 5.47. The van der Waals surface area contributed by atoms with Gasteiger partial charge in [0, 0.05) is 12.6 Å². The highest BCUT2D eigenvalue weighted by Gasteiger charge is 2.43. The first-order valence-corrected chi connectivity index (χ1v) is 10.5. The summed E-state index contributed by atoms with van der Waals surface area (Å²) in [7, 11) is -3.21. The smallest absolute Gasteiger partial charge is 0.328 e. The van der Waals surface area contributed by atoms with Gasteiger partial charge in [-0.3, -0.25) is 4.57 Å². The van der Waals surface area contributed by atoms with Crippen LogP contribution < -0.4 is 0 Å². The molecule has 0 aromatic rings. The maximum absolute atomic E-state index is 12.7. The van der Waals surface area contributed by atoms with Gasteiger partial charge in [0.05, 0.1) is 43.7 Å². The first-order valence-electron chi connectivity index (χ1n) is 8.48. The summed E-state index contributed by atoms with van der Waals surface area (Å²) in [4.78, 5) is 0. The van der Waals surface area contributed by atoms with Crippen LogP contribution in [0, 0.1) is 17.8 Å². The van der Waals surface area contributed by atoms with E-state index in [-0.39, 0.29) is 49.7 Å². The molecule has 2 heterocycles. The van der Waals surface area contributed by atoms with Crippen LogP contribution in [-0.2, 0) is 23.1 Å². The first kappa shape index (κ1) is 19.4. The van der Waals surface area contributed by atoms with Crippen molar-refractivity contribution < 1.29 is 28.2 Å². The van der Waals surface area contributed by atoms with Crippen molar-refractivity contribution in [3.05, 3.63) is 0 Å². The van der Waals surface area contributed by atoms with E-state index in [4.69, 9.17) is 18.5 Å². The molecule has 0 aliphatic carbocycles. The minimum absolute atomic E-state index is 0.0337. The minimum atomic E-state index is -3.21. The highest BCUT2D eigenvalue weighted by atomic mass is 31.2. The molecule has 0 amide bonds. The lowest BCUT2D eigenvalue weighted by molar-refractivity contribution is -0.00608. The Kier molecular flexibility index (Phi) is 6.32. The zero-order chi connectivity index (χ0) is 17.4. The minimum Gasteiger partial charge on any atom is -0.394 e. The Morgan fingerprint density at radius 3 is 2.04 bits per heavy atom. The average Bonchev–Trinajstić information content (AvgIpc) is 2.89. The van der Waals surface area contributed by atoms with Gasteiger partial charge in [-0.05, 0) is 25.7 Å². The molecule has 9 atom stereocenters. The summed E-state index contributed by atoms with van der Waals surface area (Å²) in [5.41, 5.74) is 0. The molecule has 0 spiro atoms. The molecule has 2 rings (SSSR count). The lowest BCUT2D eigenvalue weighted by Crippen LogP contribution is -2.28. The Morgan fingerprint density at radius 1 is 0.957 bits per heavy atom. The molecule has 2 fully saturated rings. The van der Waals surface area contributed by atoms with Gasteiger partial charge in [0.25, 0.3) is 0 Å². The molecule has 5 unspecified atom stereocenters. The Labute approximate surface area is 139 Å². The number of rotatable bonds is 6. The summed E-state index contributed by atoms with van der Waals surface area (Å²) in [5.74, 6) is 0.777. The molecule has 2 aliphatic rings. The highest BCUT2D eigenvalue weighted by Crippen LogP contribution is 2.49.